The molecule has 2 heterocycles. The van der Waals surface area contributed by atoms with Crippen LogP contribution in [0, 0.1) is 0 Å². The van der Waals surface area contributed by atoms with Gasteiger partial charge in [0.05, 0.1) is 6.61 Å². The average Bonchev–Trinajstić information content (AvgIpc) is 2.52. The van der Waals surface area contributed by atoms with Gasteiger partial charge in [0.1, 0.15) is 11.9 Å². The van der Waals surface area contributed by atoms with Crippen LogP contribution in [0.3, 0.4) is 0 Å². The number of aliphatic hydroxyl groups excluding tert-OH is 2. The van der Waals surface area contributed by atoms with Crippen molar-refractivity contribution in [1.29, 1.82) is 0 Å². The van der Waals surface area contributed by atoms with Crippen molar-refractivity contribution in [2.75, 3.05) is 12.3 Å². The molecule has 7 nitrogen and oxygen atoms in total. The van der Waals surface area contributed by atoms with Crippen LogP contribution in [0.4, 0.5) is 14.6 Å². The number of anilines is 1. The fourth-order valence-electron chi connectivity index (χ4n) is 1.72. The molecule has 2 rings (SSSR count). The molecule has 1 saturated heterocycles. The van der Waals surface area contributed by atoms with E-state index in [2.05, 4.69) is 4.98 Å². The first-order valence-electron chi connectivity index (χ1n) is 5.04. The van der Waals surface area contributed by atoms with Crippen LogP contribution in [0.25, 0.3) is 0 Å². The SMILES string of the molecule is Nc1ccn([C@@H]2O[C@H](CO)C(F)(F)[C@H]2O)c(=O)n1. The summed E-state index contributed by atoms with van der Waals surface area (Å²) in [5.41, 5.74) is 4.33. The van der Waals surface area contributed by atoms with Crippen LogP contribution in [0.1, 0.15) is 6.23 Å². The van der Waals surface area contributed by atoms with Crippen LogP contribution in [0.2, 0.25) is 0 Å². The van der Waals surface area contributed by atoms with Gasteiger partial charge >= 0.3 is 11.6 Å². The molecule has 18 heavy (non-hydrogen) atoms. The van der Waals surface area contributed by atoms with Crippen LogP contribution in [0.5, 0.6) is 0 Å². The highest BCUT2D eigenvalue weighted by atomic mass is 19.3. The molecule has 1 aromatic heterocycles. The number of hydrogen-bond acceptors (Lipinski definition) is 6. The van der Waals surface area contributed by atoms with Crippen molar-refractivity contribution in [1.82, 2.24) is 9.55 Å². The second-order valence-corrected chi connectivity index (χ2v) is 3.86. The Kier molecular flexibility index (Phi) is 3.05. The number of aromatic nitrogens is 2. The molecule has 1 aliphatic heterocycles. The molecule has 0 aliphatic carbocycles. The average molecular weight is 263 g/mol. The number of nitrogens with zero attached hydrogens (tertiary/aromatic N) is 2. The topological polar surface area (TPSA) is 111 Å². The van der Waals surface area contributed by atoms with Crippen molar-refractivity contribution in [3.8, 4) is 0 Å². The highest BCUT2D eigenvalue weighted by Crippen LogP contribution is 2.40. The van der Waals surface area contributed by atoms with E-state index >= 15 is 0 Å². The Bertz CT molecular complexity index is 507. The predicted molar refractivity (Wildman–Crippen MR) is 54.9 cm³/mol. The second-order valence-electron chi connectivity index (χ2n) is 3.86. The van der Waals surface area contributed by atoms with E-state index in [0.29, 0.717) is 4.57 Å². The molecule has 9 heteroatoms. The van der Waals surface area contributed by atoms with Gasteiger partial charge in [-0.25, -0.2) is 13.6 Å². The van der Waals surface area contributed by atoms with Gasteiger partial charge in [-0.1, -0.05) is 0 Å². The predicted octanol–water partition coefficient (Wildman–Crippen LogP) is -1.29. The van der Waals surface area contributed by atoms with Crippen molar-refractivity contribution in [3.05, 3.63) is 22.7 Å². The van der Waals surface area contributed by atoms with Crippen LogP contribution >= 0.6 is 0 Å². The van der Waals surface area contributed by atoms with Gasteiger partial charge < -0.3 is 20.7 Å². The Hall–Kier alpha value is -1.58. The maximum Gasteiger partial charge on any atom is 0.351 e. The second kappa shape index (κ2) is 4.26. The van der Waals surface area contributed by atoms with E-state index in [1.165, 1.54) is 6.07 Å². The Labute approximate surface area is 99.4 Å². The highest BCUT2D eigenvalue weighted by molar-refractivity contribution is 5.23. The van der Waals surface area contributed by atoms with E-state index in [0.717, 1.165) is 6.20 Å². The lowest BCUT2D eigenvalue weighted by molar-refractivity contribution is -0.123. The quantitative estimate of drug-likeness (QED) is 0.612. The summed E-state index contributed by atoms with van der Waals surface area (Å²) in [6.45, 7) is -0.974. The monoisotopic (exact) mass is 263 g/mol. The lowest BCUT2D eigenvalue weighted by Gasteiger charge is -2.18. The van der Waals surface area contributed by atoms with E-state index in [9.17, 15) is 18.7 Å². The summed E-state index contributed by atoms with van der Waals surface area (Å²) >= 11 is 0. The molecule has 1 aromatic rings. The van der Waals surface area contributed by atoms with Crippen LogP contribution < -0.4 is 11.4 Å². The standard InChI is InChI=1S/C9H11F2N3O4/c10-9(11)4(3-15)18-7(6(9)16)14-2-1-5(12)13-8(14)17/h1-2,4,6-7,15-16H,3H2,(H2,12,13,17)/t4-,6+,7-/m1/s1. The molecule has 4 N–H and O–H groups in total. The number of halogens is 2. The fourth-order valence-corrected chi connectivity index (χ4v) is 1.72. The zero-order valence-corrected chi connectivity index (χ0v) is 9.03. The normalized spacial score (nSPS) is 30.6. The van der Waals surface area contributed by atoms with Gasteiger partial charge in [0, 0.05) is 6.20 Å². The Morgan fingerprint density at radius 2 is 2.28 bits per heavy atom. The summed E-state index contributed by atoms with van der Waals surface area (Å²) in [5.74, 6) is -3.73. The van der Waals surface area contributed by atoms with Gasteiger partial charge in [0.15, 0.2) is 12.3 Å². The maximum absolute atomic E-state index is 13.5. The smallest absolute Gasteiger partial charge is 0.351 e. The Morgan fingerprint density at radius 3 is 2.78 bits per heavy atom. The summed E-state index contributed by atoms with van der Waals surface area (Å²) in [6, 6.07) is 1.21. The molecule has 1 fully saturated rings. The molecule has 1 aliphatic rings. The first-order valence-corrected chi connectivity index (χ1v) is 5.04. The number of nitrogen functional groups attached to an aromatic ring is 1. The number of ether oxygens (including phenoxy) is 1. The van der Waals surface area contributed by atoms with Gasteiger partial charge in [0.25, 0.3) is 0 Å². The van der Waals surface area contributed by atoms with Gasteiger partial charge in [0.2, 0.25) is 0 Å². The summed E-state index contributed by atoms with van der Waals surface area (Å²) in [6.07, 6.45) is -4.65. The third-order valence-corrected chi connectivity index (χ3v) is 2.69. The fraction of sp³-hybridized carbons (Fsp3) is 0.556. The molecule has 0 spiro atoms. The number of aliphatic hydroxyl groups is 2. The van der Waals surface area contributed by atoms with Crippen LogP contribution in [0.15, 0.2) is 17.1 Å². The number of rotatable bonds is 2. The van der Waals surface area contributed by atoms with Crippen LogP contribution in [-0.2, 0) is 4.74 Å². The van der Waals surface area contributed by atoms with Crippen molar-refractivity contribution in [2.45, 2.75) is 24.4 Å². The van der Waals surface area contributed by atoms with E-state index in [4.69, 9.17) is 15.6 Å². The first kappa shape index (κ1) is 12.9. The zero-order valence-electron chi connectivity index (χ0n) is 9.03. The van der Waals surface area contributed by atoms with Crippen molar-refractivity contribution in [3.63, 3.8) is 0 Å². The van der Waals surface area contributed by atoms with E-state index in [1.54, 1.807) is 0 Å². The zero-order chi connectivity index (χ0) is 13.5. The van der Waals surface area contributed by atoms with Gasteiger partial charge in [-0.05, 0) is 6.07 Å². The molecule has 0 saturated carbocycles. The maximum atomic E-state index is 13.5. The Morgan fingerprint density at radius 1 is 1.61 bits per heavy atom. The van der Waals surface area contributed by atoms with Crippen molar-refractivity contribution in [2.24, 2.45) is 0 Å². The lowest BCUT2D eigenvalue weighted by atomic mass is 10.1. The summed E-state index contributed by atoms with van der Waals surface area (Å²) in [4.78, 5) is 14.8. The molecule has 0 radical (unpaired) electrons. The summed E-state index contributed by atoms with van der Waals surface area (Å²) < 4.78 is 32.4. The third-order valence-electron chi connectivity index (χ3n) is 2.69. The van der Waals surface area contributed by atoms with E-state index < -0.39 is 36.7 Å². The van der Waals surface area contributed by atoms with E-state index in [1.807, 2.05) is 0 Å². The van der Waals surface area contributed by atoms with Crippen molar-refractivity contribution >= 4 is 5.82 Å². The minimum Gasteiger partial charge on any atom is -0.393 e. The minimum atomic E-state index is -3.65. The molecule has 0 unspecified atom stereocenters. The number of nitrogens with two attached hydrogens (primary N) is 1. The number of alkyl halides is 2. The summed E-state index contributed by atoms with van der Waals surface area (Å²) in [7, 11) is 0. The lowest BCUT2D eigenvalue weighted by Crippen LogP contribution is -2.41. The highest BCUT2D eigenvalue weighted by Gasteiger charge is 2.59. The molecular weight excluding hydrogens is 252 g/mol. The Balaban J connectivity index is 2.38. The molecule has 0 aromatic carbocycles. The summed E-state index contributed by atoms with van der Waals surface area (Å²) in [5, 5.41) is 18.2. The van der Waals surface area contributed by atoms with Crippen LogP contribution in [-0.4, -0.2) is 44.5 Å². The first-order chi connectivity index (χ1) is 8.37. The number of hydrogen-bond donors (Lipinski definition) is 3. The largest absolute Gasteiger partial charge is 0.393 e. The van der Waals surface area contributed by atoms with Crippen molar-refractivity contribution < 1.29 is 23.7 Å². The van der Waals surface area contributed by atoms with Gasteiger partial charge in [-0.3, -0.25) is 4.57 Å². The molecule has 0 bridgehead atoms. The third kappa shape index (κ3) is 1.85. The van der Waals surface area contributed by atoms with E-state index in [-0.39, 0.29) is 5.82 Å². The molecular formula is C9H11F2N3O4. The molecule has 0 amide bonds. The van der Waals surface area contributed by atoms with Gasteiger partial charge in [-0.15, -0.1) is 0 Å². The minimum absolute atomic E-state index is 0.0748. The van der Waals surface area contributed by atoms with Gasteiger partial charge in [-0.2, -0.15) is 4.98 Å². The molecule has 3 atom stereocenters. The molecule has 100 valence electrons.